The van der Waals surface area contributed by atoms with Crippen LogP contribution in [0.3, 0.4) is 0 Å². The molecule has 0 aromatic heterocycles. The lowest BCUT2D eigenvalue weighted by atomic mass is 10.2. The molecule has 0 saturated carbocycles. The number of anilines is 1. The molecule has 0 aliphatic carbocycles. The number of sulfone groups is 1. The predicted molar refractivity (Wildman–Crippen MR) is 66.1 cm³/mol. The molecule has 5 nitrogen and oxygen atoms in total. The highest BCUT2D eigenvalue weighted by Gasteiger charge is 2.37. The van der Waals surface area contributed by atoms with Gasteiger partial charge in [0, 0.05) is 18.7 Å². The predicted octanol–water partition coefficient (Wildman–Crippen LogP) is 0.610. The molecule has 1 aliphatic heterocycles. The van der Waals surface area contributed by atoms with Gasteiger partial charge in [-0.2, -0.15) is 0 Å². The number of hydrogen-bond donors (Lipinski definition) is 2. The van der Waals surface area contributed by atoms with Crippen molar-refractivity contribution in [2.75, 3.05) is 19.0 Å². The van der Waals surface area contributed by atoms with Gasteiger partial charge < -0.3 is 15.8 Å². The molecule has 6 heteroatoms. The first-order valence-corrected chi connectivity index (χ1v) is 6.94. The Morgan fingerprint density at radius 1 is 1.47 bits per heavy atom. The lowest BCUT2D eigenvalue weighted by molar-refractivity contribution is 0.413. The van der Waals surface area contributed by atoms with Gasteiger partial charge in [0.15, 0.2) is 9.84 Å². The Labute approximate surface area is 101 Å². The zero-order chi connectivity index (χ0) is 12.6. The molecule has 1 heterocycles. The van der Waals surface area contributed by atoms with Gasteiger partial charge >= 0.3 is 0 Å². The van der Waals surface area contributed by atoms with Crippen LogP contribution in [0.25, 0.3) is 0 Å². The molecule has 0 fully saturated rings. The Morgan fingerprint density at radius 2 is 2.18 bits per heavy atom. The van der Waals surface area contributed by atoms with Crippen LogP contribution < -0.4 is 15.8 Å². The summed E-state index contributed by atoms with van der Waals surface area (Å²) >= 11 is 0. The topological polar surface area (TPSA) is 81.4 Å². The van der Waals surface area contributed by atoms with Gasteiger partial charge in [-0.25, -0.2) is 8.42 Å². The summed E-state index contributed by atoms with van der Waals surface area (Å²) in [4.78, 5) is 0.269. The summed E-state index contributed by atoms with van der Waals surface area (Å²) in [5, 5.41) is 2.56. The molecule has 0 bridgehead atoms. The van der Waals surface area contributed by atoms with Crippen LogP contribution in [-0.4, -0.2) is 33.4 Å². The van der Waals surface area contributed by atoms with Crippen molar-refractivity contribution in [3.8, 4) is 5.75 Å². The van der Waals surface area contributed by atoms with Gasteiger partial charge in [-0.05, 0) is 19.1 Å². The van der Waals surface area contributed by atoms with E-state index in [0.717, 1.165) is 0 Å². The van der Waals surface area contributed by atoms with Gasteiger partial charge in [0.2, 0.25) is 0 Å². The van der Waals surface area contributed by atoms with E-state index in [2.05, 4.69) is 5.32 Å². The van der Waals surface area contributed by atoms with E-state index in [1.54, 1.807) is 12.1 Å². The number of fused-ring (bicyclic) bond motifs is 1. The van der Waals surface area contributed by atoms with Crippen LogP contribution in [0.2, 0.25) is 0 Å². The second kappa shape index (κ2) is 4.19. The summed E-state index contributed by atoms with van der Waals surface area (Å²) in [5.41, 5.74) is 6.16. The maximum absolute atomic E-state index is 12.3. The van der Waals surface area contributed by atoms with Crippen molar-refractivity contribution in [3.05, 3.63) is 18.2 Å². The summed E-state index contributed by atoms with van der Waals surface area (Å²) in [6.45, 7) is 1.93. The standard InChI is InChI=1S/C11H16N2O3S/c1-7-11(6-12)17(14,15)10-5-8(16-2)3-4-9(10)13-7/h3-5,7,11,13H,6,12H2,1-2H3. The third-order valence-corrected chi connectivity index (χ3v) is 5.42. The lowest BCUT2D eigenvalue weighted by Crippen LogP contribution is -2.46. The third kappa shape index (κ3) is 1.87. The Kier molecular flexibility index (Phi) is 3.01. The van der Waals surface area contributed by atoms with Gasteiger partial charge in [0.25, 0.3) is 0 Å². The van der Waals surface area contributed by atoms with Crippen molar-refractivity contribution in [1.29, 1.82) is 0 Å². The van der Waals surface area contributed by atoms with E-state index in [1.165, 1.54) is 13.2 Å². The average molecular weight is 256 g/mol. The zero-order valence-corrected chi connectivity index (χ0v) is 10.6. The fraction of sp³-hybridized carbons (Fsp3) is 0.455. The van der Waals surface area contributed by atoms with Crippen LogP contribution in [0, 0.1) is 0 Å². The second-order valence-corrected chi connectivity index (χ2v) is 6.25. The van der Waals surface area contributed by atoms with Gasteiger partial charge in [0.05, 0.1) is 22.9 Å². The van der Waals surface area contributed by atoms with E-state index in [9.17, 15) is 8.42 Å². The zero-order valence-electron chi connectivity index (χ0n) is 9.80. The summed E-state index contributed by atoms with van der Waals surface area (Å²) in [6.07, 6.45) is 0. The highest BCUT2D eigenvalue weighted by molar-refractivity contribution is 7.92. The molecule has 1 aliphatic rings. The van der Waals surface area contributed by atoms with Crippen LogP contribution in [0.15, 0.2) is 23.1 Å². The van der Waals surface area contributed by atoms with Crippen LogP contribution in [0.1, 0.15) is 6.92 Å². The normalized spacial score (nSPS) is 25.8. The van der Waals surface area contributed by atoms with Gasteiger partial charge in [-0.3, -0.25) is 0 Å². The van der Waals surface area contributed by atoms with Crippen molar-refractivity contribution < 1.29 is 13.2 Å². The fourth-order valence-corrected chi connectivity index (χ4v) is 3.98. The number of rotatable bonds is 2. The Balaban J connectivity index is 2.60. The minimum absolute atomic E-state index is 0.104. The number of methoxy groups -OCH3 is 1. The molecule has 2 rings (SSSR count). The first kappa shape index (κ1) is 12.2. The Hall–Kier alpha value is -1.27. The number of benzene rings is 1. The summed E-state index contributed by atoms with van der Waals surface area (Å²) in [6, 6.07) is 4.80. The molecule has 0 amide bonds. The first-order valence-electron chi connectivity index (χ1n) is 5.39. The van der Waals surface area contributed by atoms with Crippen LogP contribution in [0.5, 0.6) is 5.75 Å². The van der Waals surface area contributed by atoms with E-state index < -0.39 is 15.1 Å². The van der Waals surface area contributed by atoms with Crippen molar-refractivity contribution in [2.24, 2.45) is 5.73 Å². The molecule has 2 unspecified atom stereocenters. The molecule has 94 valence electrons. The molecular weight excluding hydrogens is 240 g/mol. The Bertz CT molecular complexity index is 528. The number of ether oxygens (including phenoxy) is 1. The summed E-state index contributed by atoms with van der Waals surface area (Å²) in [7, 11) is -1.87. The molecule has 1 aromatic carbocycles. The molecule has 2 atom stereocenters. The molecule has 0 spiro atoms. The van der Waals surface area contributed by atoms with E-state index in [4.69, 9.17) is 10.5 Å². The monoisotopic (exact) mass is 256 g/mol. The first-order chi connectivity index (χ1) is 8.00. The van der Waals surface area contributed by atoms with Crippen molar-refractivity contribution in [3.63, 3.8) is 0 Å². The quantitative estimate of drug-likeness (QED) is 0.810. The second-order valence-electron chi connectivity index (χ2n) is 4.11. The molecule has 3 N–H and O–H groups in total. The minimum Gasteiger partial charge on any atom is -0.497 e. The van der Waals surface area contributed by atoms with Crippen molar-refractivity contribution >= 4 is 15.5 Å². The van der Waals surface area contributed by atoms with Gasteiger partial charge in [0.1, 0.15) is 5.75 Å². The molecular formula is C11H16N2O3S. The van der Waals surface area contributed by atoms with E-state index in [1.807, 2.05) is 6.92 Å². The highest BCUT2D eigenvalue weighted by Crippen LogP contribution is 2.34. The highest BCUT2D eigenvalue weighted by atomic mass is 32.2. The van der Waals surface area contributed by atoms with E-state index in [0.29, 0.717) is 11.4 Å². The molecule has 17 heavy (non-hydrogen) atoms. The molecule has 1 aromatic rings. The largest absolute Gasteiger partial charge is 0.497 e. The van der Waals surface area contributed by atoms with Crippen LogP contribution >= 0.6 is 0 Å². The number of hydrogen-bond acceptors (Lipinski definition) is 5. The van der Waals surface area contributed by atoms with Gasteiger partial charge in [-0.1, -0.05) is 0 Å². The number of nitrogens with one attached hydrogen (secondary N) is 1. The maximum Gasteiger partial charge on any atom is 0.186 e. The van der Waals surface area contributed by atoms with Crippen molar-refractivity contribution in [2.45, 2.75) is 23.1 Å². The van der Waals surface area contributed by atoms with Crippen LogP contribution in [-0.2, 0) is 9.84 Å². The Morgan fingerprint density at radius 3 is 2.76 bits per heavy atom. The van der Waals surface area contributed by atoms with E-state index >= 15 is 0 Å². The summed E-state index contributed by atoms with van der Waals surface area (Å²) in [5.74, 6) is 0.527. The fourth-order valence-electron chi connectivity index (χ4n) is 2.09. The minimum atomic E-state index is -3.38. The summed E-state index contributed by atoms with van der Waals surface area (Å²) < 4.78 is 29.7. The third-order valence-electron chi connectivity index (χ3n) is 3.07. The maximum atomic E-state index is 12.3. The van der Waals surface area contributed by atoms with Crippen LogP contribution in [0.4, 0.5) is 5.69 Å². The number of nitrogens with two attached hydrogens (primary N) is 1. The lowest BCUT2D eigenvalue weighted by Gasteiger charge is -2.31. The average Bonchev–Trinajstić information content (AvgIpc) is 2.28. The molecule has 0 saturated heterocycles. The smallest absolute Gasteiger partial charge is 0.186 e. The SMILES string of the molecule is COc1ccc2c(c1)S(=O)(=O)C(CN)C(C)N2. The van der Waals surface area contributed by atoms with Gasteiger partial charge in [-0.15, -0.1) is 0 Å². The van der Waals surface area contributed by atoms with Crippen molar-refractivity contribution in [1.82, 2.24) is 0 Å². The van der Waals surface area contributed by atoms with E-state index in [-0.39, 0.29) is 17.5 Å². The molecule has 0 radical (unpaired) electrons.